The highest BCUT2D eigenvalue weighted by atomic mass is 16.5. The molecule has 1 unspecified atom stereocenters. The second kappa shape index (κ2) is 7.41. The van der Waals surface area contributed by atoms with Gasteiger partial charge in [0, 0.05) is 19.6 Å². The zero-order chi connectivity index (χ0) is 15.2. The van der Waals surface area contributed by atoms with Gasteiger partial charge in [0.05, 0.1) is 17.8 Å². The van der Waals surface area contributed by atoms with Gasteiger partial charge in [-0.05, 0) is 26.0 Å². The Hall–Kier alpha value is -1.61. The first kappa shape index (κ1) is 15.8. The summed E-state index contributed by atoms with van der Waals surface area (Å²) in [7, 11) is 0. The smallest absolute Gasteiger partial charge is 0.137 e. The summed E-state index contributed by atoms with van der Waals surface area (Å²) < 4.78 is 11.2. The van der Waals surface area contributed by atoms with Crippen molar-refractivity contribution in [3.63, 3.8) is 0 Å². The first-order valence-corrected chi connectivity index (χ1v) is 7.26. The molecule has 1 N–H and O–H groups in total. The van der Waals surface area contributed by atoms with Crippen molar-refractivity contribution in [3.8, 4) is 11.8 Å². The summed E-state index contributed by atoms with van der Waals surface area (Å²) in [4.78, 5) is 2.18. The third-order valence-electron chi connectivity index (χ3n) is 3.40. The van der Waals surface area contributed by atoms with E-state index in [1.807, 2.05) is 19.9 Å². The molecule has 2 rings (SSSR count). The summed E-state index contributed by atoms with van der Waals surface area (Å²) in [5.41, 5.74) is 0.485. The average Bonchev–Trinajstić information content (AvgIpc) is 2.44. The van der Waals surface area contributed by atoms with Crippen LogP contribution >= 0.6 is 0 Å². The number of hydrogen-bond donors (Lipinski definition) is 1. The Labute approximate surface area is 125 Å². The lowest BCUT2D eigenvalue weighted by atomic mass is 10.2. The number of hydrogen-bond acceptors (Lipinski definition) is 5. The first-order chi connectivity index (χ1) is 10.1. The number of benzene rings is 1. The van der Waals surface area contributed by atoms with Crippen molar-refractivity contribution in [2.24, 2.45) is 0 Å². The van der Waals surface area contributed by atoms with Gasteiger partial charge in [0.1, 0.15) is 24.5 Å². The zero-order valence-corrected chi connectivity index (χ0v) is 12.5. The largest absolute Gasteiger partial charge is 0.489 e. The summed E-state index contributed by atoms with van der Waals surface area (Å²) in [6.07, 6.45) is -0.225. The second-order valence-corrected chi connectivity index (χ2v) is 5.55. The molecule has 1 aliphatic heterocycles. The van der Waals surface area contributed by atoms with Gasteiger partial charge in [-0.2, -0.15) is 5.26 Å². The topological polar surface area (TPSA) is 65.7 Å². The molecule has 1 aromatic rings. The van der Waals surface area contributed by atoms with Crippen LogP contribution in [0.1, 0.15) is 19.4 Å². The molecular formula is C16H22N2O3. The molecule has 0 bridgehead atoms. The van der Waals surface area contributed by atoms with Crippen LogP contribution in [0.5, 0.6) is 5.75 Å². The van der Waals surface area contributed by atoms with Crippen LogP contribution in [0.2, 0.25) is 0 Å². The van der Waals surface area contributed by atoms with Crippen molar-refractivity contribution in [1.29, 1.82) is 5.26 Å². The molecule has 3 atom stereocenters. The number of β-amino-alcohol motifs (C(OH)–C–C–N with tert-alkyl or cyclic N) is 1. The van der Waals surface area contributed by atoms with E-state index in [4.69, 9.17) is 14.7 Å². The third kappa shape index (κ3) is 4.71. The number of nitriles is 1. The zero-order valence-electron chi connectivity index (χ0n) is 12.5. The van der Waals surface area contributed by atoms with Crippen LogP contribution in [-0.4, -0.2) is 54.6 Å². The third-order valence-corrected chi connectivity index (χ3v) is 3.40. The number of para-hydroxylation sites is 1. The maximum Gasteiger partial charge on any atom is 0.137 e. The van der Waals surface area contributed by atoms with Gasteiger partial charge in [-0.1, -0.05) is 12.1 Å². The van der Waals surface area contributed by atoms with Gasteiger partial charge < -0.3 is 14.6 Å². The summed E-state index contributed by atoms with van der Waals surface area (Å²) in [6, 6.07) is 9.12. The monoisotopic (exact) mass is 290 g/mol. The van der Waals surface area contributed by atoms with Gasteiger partial charge in [-0.3, -0.25) is 4.90 Å². The van der Waals surface area contributed by atoms with E-state index in [-0.39, 0.29) is 18.8 Å². The summed E-state index contributed by atoms with van der Waals surface area (Å²) >= 11 is 0. The van der Waals surface area contributed by atoms with Crippen molar-refractivity contribution in [3.05, 3.63) is 29.8 Å². The van der Waals surface area contributed by atoms with Gasteiger partial charge in [0.25, 0.3) is 0 Å². The standard InChI is InChI=1S/C16H22N2O3/c1-12-8-18(9-13(2)21-12)10-15(19)11-20-16-6-4-3-5-14(16)7-17/h3-6,12-13,15,19H,8-11H2,1-2H3/t12-,13+,15?. The maximum absolute atomic E-state index is 10.1. The van der Waals surface area contributed by atoms with Crippen molar-refractivity contribution in [2.75, 3.05) is 26.2 Å². The number of rotatable bonds is 5. The average molecular weight is 290 g/mol. The van der Waals surface area contributed by atoms with E-state index in [2.05, 4.69) is 11.0 Å². The molecule has 114 valence electrons. The van der Waals surface area contributed by atoms with Gasteiger partial charge >= 0.3 is 0 Å². The highest BCUT2D eigenvalue weighted by Gasteiger charge is 2.24. The Morgan fingerprint density at radius 1 is 1.38 bits per heavy atom. The Morgan fingerprint density at radius 3 is 2.71 bits per heavy atom. The fourth-order valence-corrected chi connectivity index (χ4v) is 2.66. The molecule has 0 spiro atoms. The van der Waals surface area contributed by atoms with Crippen LogP contribution in [0, 0.1) is 11.3 Å². The lowest BCUT2D eigenvalue weighted by Crippen LogP contribution is -2.48. The van der Waals surface area contributed by atoms with Crippen LogP contribution in [0.3, 0.4) is 0 Å². The lowest BCUT2D eigenvalue weighted by Gasteiger charge is -2.36. The molecule has 0 amide bonds. The molecule has 0 aliphatic carbocycles. The number of aliphatic hydroxyl groups is 1. The van der Waals surface area contributed by atoms with Crippen LogP contribution in [0.15, 0.2) is 24.3 Å². The number of nitrogens with zero attached hydrogens (tertiary/aromatic N) is 2. The molecule has 0 saturated carbocycles. The molecule has 1 saturated heterocycles. The van der Waals surface area contributed by atoms with Crippen molar-refractivity contribution in [2.45, 2.75) is 32.2 Å². The molecule has 5 nitrogen and oxygen atoms in total. The summed E-state index contributed by atoms with van der Waals surface area (Å²) in [5, 5.41) is 19.1. The second-order valence-electron chi connectivity index (χ2n) is 5.55. The van der Waals surface area contributed by atoms with Gasteiger partial charge in [-0.15, -0.1) is 0 Å². The number of ether oxygens (including phenoxy) is 2. The van der Waals surface area contributed by atoms with Crippen LogP contribution in [0.4, 0.5) is 0 Å². The fourth-order valence-electron chi connectivity index (χ4n) is 2.66. The van der Waals surface area contributed by atoms with E-state index in [0.717, 1.165) is 13.1 Å². The van der Waals surface area contributed by atoms with Gasteiger partial charge in [-0.25, -0.2) is 0 Å². The Morgan fingerprint density at radius 2 is 2.05 bits per heavy atom. The van der Waals surface area contributed by atoms with E-state index in [0.29, 0.717) is 17.9 Å². The van der Waals surface area contributed by atoms with E-state index in [9.17, 15) is 5.11 Å². The Bertz CT molecular complexity index is 491. The molecular weight excluding hydrogens is 268 g/mol. The van der Waals surface area contributed by atoms with Gasteiger partial charge in [0.15, 0.2) is 0 Å². The van der Waals surface area contributed by atoms with Gasteiger partial charge in [0.2, 0.25) is 0 Å². The summed E-state index contributed by atoms with van der Waals surface area (Å²) in [5.74, 6) is 0.516. The molecule has 21 heavy (non-hydrogen) atoms. The van der Waals surface area contributed by atoms with E-state index in [1.54, 1.807) is 18.2 Å². The lowest BCUT2D eigenvalue weighted by molar-refractivity contribution is -0.0786. The number of aliphatic hydroxyl groups excluding tert-OH is 1. The minimum Gasteiger partial charge on any atom is -0.489 e. The quantitative estimate of drug-likeness (QED) is 0.888. The summed E-state index contributed by atoms with van der Waals surface area (Å²) in [6.45, 7) is 6.43. The van der Waals surface area contributed by atoms with E-state index >= 15 is 0 Å². The van der Waals surface area contributed by atoms with Crippen LogP contribution < -0.4 is 4.74 Å². The van der Waals surface area contributed by atoms with E-state index in [1.165, 1.54) is 0 Å². The minimum atomic E-state index is -0.589. The maximum atomic E-state index is 10.1. The first-order valence-electron chi connectivity index (χ1n) is 7.26. The van der Waals surface area contributed by atoms with E-state index < -0.39 is 6.10 Å². The highest BCUT2D eigenvalue weighted by molar-refractivity contribution is 5.42. The van der Waals surface area contributed by atoms with Crippen molar-refractivity contribution in [1.82, 2.24) is 4.90 Å². The highest BCUT2D eigenvalue weighted by Crippen LogP contribution is 2.17. The number of morpholine rings is 1. The normalized spacial score (nSPS) is 24.3. The predicted molar refractivity (Wildman–Crippen MR) is 79.1 cm³/mol. The molecule has 1 aromatic carbocycles. The molecule has 1 aliphatic rings. The molecule has 1 heterocycles. The van der Waals surface area contributed by atoms with Crippen LogP contribution in [0.25, 0.3) is 0 Å². The predicted octanol–water partition coefficient (Wildman–Crippen LogP) is 1.41. The van der Waals surface area contributed by atoms with Crippen molar-refractivity contribution < 1.29 is 14.6 Å². The molecule has 0 radical (unpaired) electrons. The van der Waals surface area contributed by atoms with Crippen molar-refractivity contribution >= 4 is 0 Å². The molecule has 1 fully saturated rings. The molecule has 0 aromatic heterocycles. The fraction of sp³-hybridized carbons (Fsp3) is 0.562. The Balaban J connectivity index is 1.82. The minimum absolute atomic E-state index is 0.179. The Kier molecular flexibility index (Phi) is 5.57. The SMILES string of the molecule is C[C@@H]1CN(CC(O)COc2ccccc2C#N)C[C@H](C)O1. The molecule has 5 heteroatoms. The van der Waals surface area contributed by atoms with Crippen LogP contribution in [-0.2, 0) is 4.74 Å².